The lowest BCUT2D eigenvalue weighted by atomic mass is 10.0. The van der Waals surface area contributed by atoms with Gasteiger partial charge in [0.2, 0.25) is 0 Å². The normalized spacial score (nSPS) is 15.0. The third-order valence-corrected chi connectivity index (χ3v) is 2.92. The number of hydrogen-bond acceptors (Lipinski definition) is 2. The van der Waals surface area contributed by atoms with Crippen LogP contribution in [0.25, 0.3) is 0 Å². The maximum atomic E-state index is 11.6. The van der Waals surface area contributed by atoms with Crippen molar-refractivity contribution in [2.75, 3.05) is 6.61 Å². The van der Waals surface area contributed by atoms with Crippen LogP contribution in [0.5, 0.6) is 0 Å². The van der Waals surface area contributed by atoms with Gasteiger partial charge < -0.3 is 15.7 Å². The Hall–Kier alpha value is -0.770. The number of carbonyl (C=O) groups is 1. The summed E-state index contributed by atoms with van der Waals surface area (Å²) in [4.78, 5) is 11.6. The SMILES string of the molecule is CC(C)C(C)NC(=O)NC(CCO)C(C)C. The van der Waals surface area contributed by atoms with Gasteiger partial charge in [-0.1, -0.05) is 27.7 Å². The molecule has 0 rings (SSSR count). The molecule has 0 heterocycles. The van der Waals surface area contributed by atoms with Crippen LogP contribution in [0.15, 0.2) is 0 Å². The maximum Gasteiger partial charge on any atom is 0.315 e. The summed E-state index contributed by atoms with van der Waals surface area (Å²) in [7, 11) is 0. The molecule has 16 heavy (non-hydrogen) atoms. The number of aliphatic hydroxyl groups is 1. The van der Waals surface area contributed by atoms with Crippen LogP contribution in [0, 0.1) is 11.8 Å². The van der Waals surface area contributed by atoms with Crippen molar-refractivity contribution >= 4 is 6.03 Å². The predicted octanol–water partition coefficient (Wildman–Crippen LogP) is 1.74. The molecular weight excluding hydrogens is 204 g/mol. The first-order valence-corrected chi connectivity index (χ1v) is 6.06. The molecule has 3 N–H and O–H groups in total. The molecule has 0 aliphatic heterocycles. The first-order valence-electron chi connectivity index (χ1n) is 6.06. The molecule has 0 saturated heterocycles. The van der Waals surface area contributed by atoms with Crippen molar-refractivity contribution in [1.82, 2.24) is 10.6 Å². The van der Waals surface area contributed by atoms with Crippen LogP contribution >= 0.6 is 0 Å². The van der Waals surface area contributed by atoms with Gasteiger partial charge in [-0.15, -0.1) is 0 Å². The van der Waals surface area contributed by atoms with E-state index in [0.29, 0.717) is 18.3 Å². The Bertz CT molecular complexity index is 205. The van der Waals surface area contributed by atoms with Gasteiger partial charge in [0.05, 0.1) is 0 Å². The van der Waals surface area contributed by atoms with Crippen LogP contribution in [0.2, 0.25) is 0 Å². The maximum absolute atomic E-state index is 11.6. The number of amides is 2. The molecule has 0 spiro atoms. The van der Waals surface area contributed by atoms with Crippen LogP contribution < -0.4 is 10.6 Å². The molecule has 0 aliphatic carbocycles. The molecule has 4 heteroatoms. The summed E-state index contributed by atoms with van der Waals surface area (Å²) in [6.45, 7) is 10.3. The zero-order valence-electron chi connectivity index (χ0n) is 11.1. The summed E-state index contributed by atoms with van der Waals surface area (Å²) in [6, 6.07) is 0.0413. The topological polar surface area (TPSA) is 61.4 Å². The number of nitrogens with one attached hydrogen (secondary N) is 2. The Morgan fingerprint density at radius 3 is 2.00 bits per heavy atom. The quantitative estimate of drug-likeness (QED) is 0.651. The predicted molar refractivity (Wildman–Crippen MR) is 66.3 cm³/mol. The minimum atomic E-state index is -0.145. The highest BCUT2D eigenvalue weighted by Gasteiger charge is 2.17. The van der Waals surface area contributed by atoms with Gasteiger partial charge in [0.1, 0.15) is 0 Å². The second kappa shape index (κ2) is 7.49. The molecule has 0 aromatic rings. The molecule has 0 fully saturated rings. The Balaban J connectivity index is 4.09. The third kappa shape index (κ3) is 5.95. The molecule has 2 atom stereocenters. The summed E-state index contributed by atoms with van der Waals surface area (Å²) < 4.78 is 0. The zero-order chi connectivity index (χ0) is 12.7. The molecule has 96 valence electrons. The van der Waals surface area contributed by atoms with E-state index in [-0.39, 0.29) is 24.7 Å². The van der Waals surface area contributed by atoms with Gasteiger partial charge in [-0.05, 0) is 25.2 Å². The summed E-state index contributed by atoms with van der Waals surface area (Å²) in [5.74, 6) is 0.744. The van der Waals surface area contributed by atoms with E-state index in [2.05, 4.69) is 24.5 Å². The number of carbonyl (C=O) groups excluding carboxylic acids is 1. The van der Waals surface area contributed by atoms with Crippen molar-refractivity contribution in [3.8, 4) is 0 Å². The first-order chi connectivity index (χ1) is 7.38. The lowest BCUT2D eigenvalue weighted by molar-refractivity contribution is 0.214. The minimum absolute atomic E-state index is 0.0318. The van der Waals surface area contributed by atoms with Crippen molar-refractivity contribution in [3.05, 3.63) is 0 Å². The molecule has 0 saturated carbocycles. The molecule has 0 aromatic heterocycles. The fourth-order valence-electron chi connectivity index (χ4n) is 1.29. The number of aliphatic hydroxyl groups excluding tert-OH is 1. The Kier molecular flexibility index (Phi) is 7.13. The molecule has 2 amide bonds. The lowest BCUT2D eigenvalue weighted by Gasteiger charge is -2.24. The van der Waals surface area contributed by atoms with Gasteiger partial charge >= 0.3 is 6.03 Å². The Morgan fingerprint density at radius 1 is 1.06 bits per heavy atom. The second-order valence-electron chi connectivity index (χ2n) is 5.01. The molecule has 0 aromatic carbocycles. The van der Waals surface area contributed by atoms with E-state index >= 15 is 0 Å². The van der Waals surface area contributed by atoms with Crippen molar-refractivity contribution in [1.29, 1.82) is 0 Å². The standard InChI is InChI=1S/C12H26N2O2/c1-8(2)10(5)13-12(16)14-11(6-7-15)9(3)4/h8-11,15H,6-7H2,1-5H3,(H2,13,14,16). The van der Waals surface area contributed by atoms with E-state index < -0.39 is 0 Å². The van der Waals surface area contributed by atoms with Crippen molar-refractivity contribution in [2.45, 2.75) is 53.1 Å². The van der Waals surface area contributed by atoms with Crippen LogP contribution in [-0.2, 0) is 0 Å². The summed E-state index contributed by atoms with van der Waals surface area (Å²) >= 11 is 0. The van der Waals surface area contributed by atoms with E-state index in [1.54, 1.807) is 0 Å². The molecular formula is C12H26N2O2. The van der Waals surface area contributed by atoms with E-state index in [4.69, 9.17) is 5.11 Å². The molecule has 4 nitrogen and oxygen atoms in total. The van der Waals surface area contributed by atoms with Gasteiger partial charge in [-0.25, -0.2) is 4.79 Å². The highest BCUT2D eigenvalue weighted by molar-refractivity contribution is 5.74. The highest BCUT2D eigenvalue weighted by atomic mass is 16.3. The number of rotatable bonds is 6. The first kappa shape index (κ1) is 15.2. The summed E-state index contributed by atoms with van der Waals surface area (Å²) in [5.41, 5.74) is 0. The van der Waals surface area contributed by atoms with Crippen LogP contribution in [0.4, 0.5) is 4.79 Å². The van der Waals surface area contributed by atoms with E-state index in [1.165, 1.54) is 0 Å². The van der Waals surface area contributed by atoms with Gasteiger partial charge in [-0.3, -0.25) is 0 Å². The van der Waals surface area contributed by atoms with Crippen molar-refractivity contribution in [3.63, 3.8) is 0 Å². The second-order valence-corrected chi connectivity index (χ2v) is 5.01. The van der Waals surface area contributed by atoms with Gasteiger partial charge in [-0.2, -0.15) is 0 Å². The zero-order valence-corrected chi connectivity index (χ0v) is 11.1. The van der Waals surface area contributed by atoms with Crippen LogP contribution in [-0.4, -0.2) is 29.8 Å². The van der Waals surface area contributed by atoms with Crippen molar-refractivity contribution in [2.24, 2.45) is 11.8 Å². The van der Waals surface area contributed by atoms with E-state index in [0.717, 1.165) is 0 Å². The average Bonchev–Trinajstić information content (AvgIpc) is 2.16. The fourth-order valence-corrected chi connectivity index (χ4v) is 1.29. The monoisotopic (exact) mass is 230 g/mol. The highest BCUT2D eigenvalue weighted by Crippen LogP contribution is 2.06. The number of hydrogen-bond donors (Lipinski definition) is 3. The Labute approximate surface area is 98.8 Å². The molecule has 0 bridgehead atoms. The Morgan fingerprint density at radius 2 is 1.62 bits per heavy atom. The van der Waals surface area contributed by atoms with Gasteiger partial charge in [0.15, 0.2) is 0 Å². The third-order valence-electron chi connectivity index (χ3n) is 2.92. The van der Waals surface area contributed by atoms with Crippen LogP contribution in [0.1, 0.15) is 41.0 Å². The smallest absolute Gasteiger partial charge is 0.315 e. The summed E-state index contributed by atoms with van der Waals surface area (Å²) in [6.07, 6.45) is 0.598. The van der Waals surface area contributed by atoms with Gasteiger partial charge in [0, 0.05) is 18.7 Å². The lowest BCUT2D eigenvalue weighted by Crippen LogP contribution is -2.48. The van der Waals surface area contributed by atoms with Crippen LogP contribution in [0.3, 0.4) is 0 Å². The molecule has 0 radical (unpaired) electrons. The summed E-state index contributed by atoms with van der Waals surface area (Å²) in [5, 5.41) is 14.7. The number of urea groups is 1. The van der Waals surface area contributed by atoms with E-state index in [9.17, 15) is 4.79 Å². The van der Waals surface area contributed by atoms with Crippen molar-refractivity contribution < 1.29 is 9.90 Å². The van der Waals surface area contributed by atoms with Gasteiger partial charge in [0.25, 0.3) is 0 Å². The largest absolute Gasteiger partial charge is 0.396 e. The average molecular weight is 230 g/mol. The minimum Gasteiger partial charge on any atom is -0.396 e. The fraction of sp³-hybridized carbons (Fsp3) is 0.917. The molecule has 2 unspecified atom stereocenters. The molecule has 0 aliphatic rings. The van der Waals surface area contributed by atoms with E-state index in [1.807, 2.05) is 20.8 Å².